The molecule has 29 heavy (non-hydrogen) atoms. The van der Waals surface area contributed by atoms with Crippen LogP contribution >= 0.6 is 11.3 Å². The van der Waals surface area contributed by atoms with Crippen LogP contribution in [0.25, 0.3) is 4.96 Å². The molecule has 0 aliphatic carbocycles. The molecule has 0 aromatic carbocycles. The van der Waals surface area contributed by atoms with E-state index in [0.717, 1.165) is 48.7 Å². The lowest BCUT2D eigenvalue weighted by atomic mass is 9.97. The molecule has 3 aromatic heterocycles. The van der Waals surface area contributed by atoms with Crippen LogP contribution in [-0.2, 0) is 11.2 Å². The molecule has 1 atom stereocenters. The van der Waals surface area contributed by atoms with Crippen LogP contribution in [0.5, 0.6) is 0 Å². The van der Waals surface area contributed by atoms with Gasteiger partial charge in [-0.1, -0.05) is 30.7 Å². The van der Waals surface area contributed by atoms with Gasteiger partial charge in [0.2, 0.25) is 16.0 Å². The molecular formula is C20H24N6O2S. The Bertz CT molecular complexity index is 1090. The first-order valence-corrected chi connectivity index (χ1v) is 10.7. The van der Waals surface area contributed by atoms with Gasteiger partial charge < -0.3 is 10.2 Å². The second kappa shape index (κ2) is 8.28. The summed E-state index contributed by atoms with van der Waals surface area (Å²) >= 11 is 1.40. The fourth-order valence-electron chi connectivity index (χ4n) is 3.56. The van der Waals surface area contributed by atoms with Crippen molar-refractivity contribution < 1.29 is 4.79 Å². The molecule has 1 amide bonds. The van der Waals surface area contributed by atoms with Crippen molar-refractivity contribution in [1.82, 2.24) is 19.6 Å². The highest BCUT2D eigenvalue weighted by atomic mass is 32.1. The zero-order valence-corrected chi connectivity index (χ0v) is 17.4. The molecule has 0 bridgehead atoms. The smallest absolute Gasteiger partial charge is 0.275 e. The maximum absolute atomic E-state index is 12.7. The lowest BCUT2D eigenvalue weighted by Crippen LogP contribution is -2.41. The van der Waals surface area contributed by atoms with Gasteiger partial charge >= 0.3 is 0 Å². The molecule has 152 valence electrons. The lowest BCUT2D eigenvalue weighted by Gasteiger charge is -2.31. The standard InChI is InChI=1S/C20H24N6O2S/c1-3-6-15-11-17(27)26-19(22-15)29-20(24-26)25-10-5-8-14(12-25)18(28)23-16-9-4-7-13(2)21-16/h4,7,9,11,14H,3,5-6,8,10,12H2,1-2H3,(H,21,23,28). The van der Waals surface area contributed by atoms with Crippen LogP contribution in [0.3, 0.4) is 0 Å². The summed E-state index contributed by atoms with van der Waals surface area (Å²) < 4.78 is 1.36. The van der Waals surface area contributed by atoms with Crippen LogP contribution in [0, 0.1) is 12.8 Å². The van der Waals surface area contributed by atoms with Crippen LogP contribution < -0.4 is 15.8 Å². The van der Waals surface area contributed by atoms with E-state index in [4.69, 9.17) is 0 Å². The van der Waals surface area contributed by atoms with Crippen LogP contribution in [0.15, 0.2) is 29.1 Å². The van der Waals surface area contributed by atoms with Crippen molar-refractivity contribution in [2.75, 3.05) is 23.3 Å². The Morgan fingerprint density at radius 2 is 2.21 bits per heavy atom. The zero-order chi connectivity index (χ0) is 20.4. The third-order valence-electron chi connectivity index (χ3n) is 5.00. The largest absolute Gasteiger partial charge is 0.346 e. The van der Waals surface area contributed by atoms with Gasteiger partial charge in [0.25, 0.3) is 5.56 Å². The summed E-state index contributed by atoms with van der Waals surface area (Å²) in [7, 11) is 0. The minimum atomic E-state index is -0.155. The number of fused-ring (bicyclic) bond motifs is 1. The highest BCUT2D eigenvalue weighted by molar-refractivity contribution is 7.20. The molecule has 1 unspecified atom stereocenters. The first kappa shape index (κ1) is 19.5. The highest BCUT2D eigenvalue weighted by Gasteiger charge is 2.28. The van der Waals surface area contributed by atoms with Gasteiger partial charge in [-0.05, 0) is 38.3 Å². The third-order valence-corrected chi connectivity index (χ3v) is 5.97. The Morgan fingerprint density at radius 1 is 1.34 bits per heavy atom. The Hall–Kier alpha value is -2.81. The average Bonchev–Trinajstić information content (AvgIpc) is 3.13. The maximum Gasteiger partial charge on any atom is 0.275 e. The predicted molar refractivity (Wildman–Crippen MR) is 114 cm³/mol. The van der Waals surface area contributed by atoms with Gasteiger partial charge in [-0.2, -0.15) is 4.52 Å². The van der Waals surface area contributed by atoms with Crippen LogP contribution in [0.2, 0.25) is 0 Å². The van der Waals surface area contributed by atoms with E-state index in [2.05, 4.69) is 32.2 Å². The number of aromatic nitrogens is 4. The monoisotopic (exact) mass is 412 g/mol. The topological polar surface area (TPSA) is 92.5 Å². The van der Waals surface area contributed by atoms with Gasteiger partial charge in [-0.15, -0.1) is 5.10 Å². The van der Waals surface area contributed by atoms with E-state index in [1.807, 2.05) is 19.1 Å². The number of hydrogen-bond acceptors (Lipinski definition) is 7. The van der Waals surface area contributed by atoms with E-state index in [1.54, 1.807) is 12.1 Å². The Kier molecular flexibility index (Phi) is 5.57. The number of pyridine rings is 1. The SMILES string of the molecule is CCCc1cc(=O)n2nc(N3CCCC(C(=O)Nc4cccc(C)n4)C3)sc2n1. The van der Waals surface area contributed by atoms with Crippen molar-refractivity contribution >= 4 is 33.2 Å². The lowest BCUT2D eigenvalue weighted by molar-refractivity contribution is -0.120. The molecule has 1 saturated heterocycles. The molecule has 1 N–H and O–H groups in total. The van der Waals surface area contributed by atoms with E-state index < -0.39 is 0 Å². The first-order chi connectivity index (χ1) is 14.0. The fourth-order valence-corrected chi connectivity index (χ4v) is 4.52. The van der Waals surface area contributed by atoms with Gasteiger partial charge in [0.1, 0.15) is 5.82 Å². The van der Waals surface area contributed by atoms with Gasteiger partial charge in [0.15, 0.2) is 0 Å². The van der Waals surface area contributed by atoms with Crippen LogP contribution in [0.1, 0.15) is 37.6 Å². The summed E-state index contributed by atoms with van der Waals surface area (Å²) in [6.45, 7) is 5.33. The van der Waals surface area contributed by atoms with Crippen molar-refractivity contribution in [2.24, 2.45) is 5.92 Å². The minimum Gasteiger partial charge on any atom is -0.346 e. The Balaban J connectivity index is 1.51. The molecule has 1 aliphatic rings. The van der Waals surface area contributed by atoms with Crippen molar-refractivity contribution in [3.8, 4) is 0 Å². The molecule has 1 fully saturated rings. The summed E-state index contributed by atoms with van der Waals surface area (Å²) in [5.41, 5.74) is 1.51. The number of amides is 1. The molecule has 0 spiro atoms. The number of nitrogens with zero attached hydrogens (tertiary/aromatic N) is 5. The number of anilines is 2. The van der Waals surface area contributed by atoms with Crippen molar-refractivity contribution in [3.05, 3.63) is 46.0 Å². The van der Waals surface area contributed by atoms with Gasteiger partial charge in [0, 0.05) is 30.5 Å². The molecule has 4 heterocycles. The summed E-state index contributed by atoms with van der Waals surface area (Å²) in [6, 6.07) is 7.13. The molecule has 0 saturated carbocycles. The summed E-state index contributed by atoms with van der Waals surface area (Å²) in [6.07, 6.45) is 3.42. The summed E-state index contributed by atoms with van der Waals surface area (Å²) in [5.74, 6) is 0.388. The summed E-state index contributed by atoms with van der Waals surface area (Å²) in [5, 5.41) is 8.12. The maximum atomic E-state index is 12.7. The normalized spacial score (nSPS) is 16.9. The molecule has 4 rings (SSSR count). The summed E-state index contributed by atoms with van der Waals surface area (Å²) in [4.78, 5) is 36.7. The number of aryl methyl sites for hydroxylation is 2. The average molecular weight is 413 g/mol. The molecule has 1 aliphatic heterocycles. The first-order valence-electron chi connectivity index (χ1n) is 9.93. The molecule has 8 nitrogen and oxygen atoms in total. The van der Waals surface area contributed by atoms with Gasteiger partial charge in [-0.3, -0.25) is 9.59 Å². The number of nitrogens with one attached hydrogen (secondary N) is 1. The van der Waals surface area contributed by atoms with Crippen molar-refractivity contribution in [1.29, 1.82) is 0 Å². The van der Waals surface area contributed by atoms with E-state index in [0.29, 0.717) is 17.3 Å². The third kappa shape index (κ3) is 4.29. The van der Waals surface area contributed by atoms with E-state index in [1.165, 1.54) is 15.9 Å². The predicted octanol–water partition coefficient (Wildman–Crippen LogP) is 2.66. The Morgan fingerprint density at radius 3 is 3.00 bits per heavy atom. The van der Waals surface area contributed by atoms with Gasteiger partial charge in [0.05, 0.1) is 5.92 Å². The second-order valence-corrected chi connectivity index (χ2v) is 8.29. The van der Waals surface area contributed by atoms with Gasteiger partial charge in [-0.25, -0.2) is 9.97 Å². The second-order valence-electron chi connectivity index (χ2n) is 7.35. The van der Waals surface area contributed by atoms with Crippen LogP contribution in [-0.4, -0.2) is 38.6 Å². The van der Waals surface area contributed by atoms with E-state index in [9.17, 15) is 9.59 Å². The van der Waals surface area contributed by atoms with Crippen molar-refractivity contribution in [2.45, 2.75) is 39.5 Å². The van der Waals surface area contributed by atoms with E-state index >= 15 is 0 Å². The molecule has 3 aromatic rings. The zero-order valence-electron chi connectivity index (χ0n) is 16.6. The highest BCUT2D eigenvalue weighted by Crippen LogP contribution is 2.27. The quantitative estimate of drug-likeness (QED) is 0.693. The minimum absolute atomic E-state index is 0.0329. The van der Waals surface area contributed by atoms with E-state index in [-0.39, 0.29) is 17.4 Å². The number of rotatable bonds is 5. The number of hydrogen-bond donors (Lipinski definition) is 1. The number of piperidine rings is 1. The van der Waals surface area contributed by atoms with Crippen LogP contribution in [0.4, 0.5) is 10.9 Å². The fraction of sp³-hybridized carbons (Fsp3) is 0.450. The number of carbonyl (C=O) groups excluding carboxylic acids is 1. The molecule has 0 radical (unpaired) electrons. The Labute approximate surface area is 172 Å². The molecular weight excluding hydrogens is 388 g/mol. The molecule has 9 heteroatoms. The number of carbonyl (C=O) groups is 1. The van der Waals surface area contributed by atoms with Crippen molar-refractivity contribution in [3.63, 3.8) is 0 Å².